The Bertz CT molecular complexity index is 1500. The van der Waals surface area contributed by atoms with Crippen LogP contribution in [0.2, 0.25) is 25.7 Å². The number of sulfonamides is 1. The van der Waals surface area contributed by atoms with Gasteiger partial charge in [0.15, 0.2) is 0 Å². The third-order valence-corrected chi connectivity index (χ3v) is 9.75. The van der Waals surface area contributed by atoms with Gasteiger partial charge in [0, 0.05) is 40.4 Å². The van der Waals surface area contributed by atoms with Gasteiger partial charge in [0.25, 0.3) is 5.88 Å². The highest BCUT2D eigenvalue weighted by atomic mass is 32.2. The SMILES string of the molecule is CCCS(=O)(=O)N(COCC[Si](C)(C)C)c1nc2ccccc2nc1OC(c1ccnc(N(C)C(C)=O)c1)C(F)(F)F. The van der Waals surface area contributed by atoms with Crippen molar-refractivity contribution in [2.75, 3.05) is 35.3 Å². The lowest BCUT2D eigenvalue weighted by atomic mass is 10.1. The number of nitrogens with zero attached hydrogens (tertiary/aromatic N) is 5. The zero-order chi connectivity index (χ0) is 31.3. The molecule has 3 aromatic rings. The maximum atomic E-state index is 14.5. The average Bonchev–Trinajstić information content (AvgIpc) is 2.89. The van der Waals surface area contributed by atoms with Gasteiger partial charge in [0.1, 0.15) is 12.5 Å². The van der Waals surface area contributed by atoms with Crippen molar-refractivity contribution in [2.24, 2.45) is 0 Å². The van der Waals surface area contributed by atoms with Crippen molar-refractivity contribution in [3.8, 4) is 5.88 Å². The lowest BCUT2D eigenvalue weighted by molar-refractivity contribution is -0.198. The molecular weight excluding hydrogens is 591 g/mol. The van der Waals surface area contributed by atoms with Gasteiger partial charge in [-0.15, -0.1) is 0 Å². The van der Waals surface area contributed by atoms with Crippen LogP contribution in [0.4, 0.5) is 24.8 Å². The van der Waals surface area contributed by atoms with Crippen LogP contribution in [0.25, 0.3) is 11.0 Å². The molecule has 1 amide bonds. The quantitative estimate of drug-likeness (QED) is 0.138. The molecule has 0 N–H and O–H groups in total. The second-order valence-electron chi connectivity index (χ2n) is 10.9. The Morgan fingerprint density at radius 2 is 1.74 bits per heavy atom. The number of fused-ring (bicyclic) bond motifs is 1. The predicted molar refractivity (Wildman–Crippen MR) is 158 cm³/mol. The van der Waals surface area contributed by atoms with Crippen LogP contribution in [0.5, 0.6) is 5.88 Å². The van der Waals surface area contributed by atoms with E-state index in [0.29, 0.717) is 0 Å². The van der Waals surface area contributed by atoms with E-state index in [2.05, 4.69) is 34.6 Å². The largest absolute Gasteiger partial charge is 0.457 e. The van der Waals surface area contributed by atoms with Crippen LogP contribution in [0.3, 0.4) is 0 Å². The Morgan fingerprint density at radius 1 is 1.10 bits per heavy atom. The summed E-state index contributed by atoms with van der Waals surface area (Å²) in [6.07, 6.45) is -6.17. The van der Waals surface area contributed by atoms with Crippen molar-refractivity contribution in [1.82, 2.24) is 15.0 Å². The van der Waals surface area contributed by atoms with E-state index in [4.69, 9.17) is 9.47 Å². The summed E-state index contributed by atoms with van der Waals surface area (Å²) in [5.74, 6) is -1.81. The predicted octanol–water partition coefficient (Wildman–Crippen LogP) is 5.55. The van der Waals surface area contributed by atoms with Crippen molar-refractivity contribution < 1.29 is 35.9 Å². The summed E-state index contributed by atoms with van der Waals surface area (Å²) >= 11 is 0. The van der Waals surface area contributed by atoms with E-state index in [-0.39, 0.29) is 41.2 Å². The molecule has 0 fully saturated rings. The first-order chi connectivity index (χ1) is 19.5. The molecule has 0 aliphatic heterocycles. The molecule has 0 aliphatic rings. The number of para-hydroxylation sites is 2. The van der Waals surface area contributed by atoms with Crippen LogP contribution >= 0.6 is 0 Å². The van der Waals surface area contributed by atoms with E-state index in [9.17, 15) is 26.4 Å². The highest BCUT2D eigenvalue weighted by molar-refractivity contribution is 7.92. The first-order valence-corrected chi connectivity index (χ1v) is 18.6. The highest BCUT2D eigenvalue weighted by Gasteiger charge is 2.45. The summed E-state index contributed by atoms with van der Waals surface area (Å²) in [5.41, 5.74) is 0.101. The lowest BCUT2D eigenvalue weighted by Gasteiger charge is -2.28. The Morgan fingerprint density at radius 3 is 2.31 bits per heavy atom. The van der Waals surface area contributed by atoms with Gasteiger partial charge in [0.2, 0.25) is 27.9 Å². The van der Waals surface area contributed by atoms with Crippen LogP contribution in [0.15, 0.2) is 42.6 Å². The fourth-order valence-electron chi connectivity index (χ4n) is 3.76. The van der Waals surface area contributed by atoms with Gasteiger partial charge < -0.3 is 14.4 Å². The fourth-order valence-corrected chi connectivity index (χ4v) is 5.87. The number of hydrogen-bond acceptors (Lipinski definition) is 8. The van der Waals surface area contributed by atoms with Gasteiger partial charge in [-0.25, -0.2) is 27.7 Å². The second-order valence-corrected chi connectivity index (χ2v) is 18.6. The lowest BCUT2D eigenvalue weighted by Crippen LogP contribution is -2.37. The molecule has 230 valence electrons. The van der Waals surface area contributed by atoms with Gasteiger partial charge in [-0.3, -0.25) is 4.79 Å². The number of carbonyl (C=O) groups excluding carboxylic acids is 1. The number of ether oxygens (including phenoxy) is 2. The molecule has 10 nitrogen and oxygen atoms in total. The Labute approximate surface area is 244 Å². The van der Waals surface area contributed by atoms with Gasteiger partial charge in [-0.2, -0.15) is 13.2 Å². The monoisotopic (exact) mass is 627 g/mol. The summed E-state index contributed by atoms with van der Waals surface area (Å²) in [6, 6.07) is 9.31. The molecule has 3 rings (SSSR count). The summed E-state index contributed by atoms with van der Waals surface area (Å²) in [6.45, 7) is 9.12. The summed E-state index contributed by atoms with van der Waals surface area (Å²) in [7, 11) is -4.23. The number of pyridine rings is 1. The third-order valence-electron chi connectivity index (χ3n) is 6.18. The minimum Gasteiger partial charge on any atom is -0.457 e. The maximum absolute atomic E-state index is 14.5. The molecule has 0 aliphatic carbocycles. The molecular formula is C27H36F3N5O5SSi. The van der Waals surface area contributed by atoms with Crippen LogP contribution in [0.1, 0.15) is 31.9 Å². The number of rotatable bonds is 13. The maximum Gasteiger partial charge on any atom is 0.429 e. The number of amides is 1. The normalized spacial score (nSPS) is 13.2. The van der Waals surface area contributed by atoms with Crippen molar-refractivity contribution in [2.45, 2.75) is 58.2 Å². The van der Waals surface area contributed by atoms with Gasteiger partial charge >= 0.3 is 6.18 Å². The summed E-state index contributed by atoms with van der Waals surface area (Å²) in [4.78, 5) is 25.6. The number of halogens is 3. The van der Waals surface area contributed by atoms with Crippen molar-refractivity contribution >= 4 is 46.7 Å². The molecule has 0 radical (unpaired) electrons. The molecule has 2 aromatic heterocycles. The number of anilines is 2. The van der Waals surface area contributed by atoms with Gasteiger partial charge in [-0.05, 0) is 36.7 Å². The molecule has 0 bridgehead atoms. The van der Waals surface area contributed by atoms with Crippen molar-refractivity contribution in [3.63, 3.8) is 0 Å². The number of aromatic nitrogens is 3. The molecule has 1 atom stereocenters. The Hall–Kier alpha value is -3.30. The fraction of sp³-hybridized carbons (Fsp3) is 0.481. The molecule has 42 heavy (non-hydrogen) atoms. The summed E-state index contributed by atoms with van der Waals surface area (Å²) < 4.78 is 82.5. The number of alkyl halides is 3. The average molecular weight is 628 g/mol. The standard InChI is InChI=1S/C27H36F3N5O5SSi/c1-7-15-41(37,38)35(18-39-14-16-42(4,5)6)25-26(33-22-11-9-8-10-21(22)32-25)40-24(27(28,29)30)20-12-13-31-23(17-20)34(3)19(2)36/h8-13,17,24H,7,14-16,18H2,1-6H3. The van der Waals surface area contributed by atoms with Crippen LogP contribution in [0, 0.1) is 0 Å². The number of benzene rings is 1. The molecule has 0 spiro atoms. The minimum absolute atomic E-state index is 0.0226. The van der Waals surface area contributed by atoms with E-state index in [0.717, 1.165) is 33.6 Å². The Balaban J connectivity index is 2.15. The molecule has 1 unspecified atom stereocenters. The molecule has 2 heterocycles. The van der Waals surface area contributed by atoms with Crippen LogP contribution < -0.4 is 13.9 Å². The summed E-state index contributed by atoms with van der Waals surface area (Å²) in [5, 5.41) is 0. The number of hydrogen-bond donors (Lipinski definition) is 0. The topological polar surface area (TPSA) is 115 Å². The van der Waals surface area contributed by atoms with Gasteiger partial charge in [-0.1, -0.05) is 38.7 Å². The zero-order valence-electron chi connectivity index (χ0n) is 24.5. The van der Waals surface area contributed by atoms with E-state index >= 15 is 0 Å². The zero-order valence-corrected chi connectivity index (χ0v) is 26.3. The van der Waals surface area contributed by atoms with Gasteiger partial charge in [0.05, 0.1) is 16.8 Å². The molecule has 0 saturated carbocycles. The first kappa shape index (κ1) is 33.2. The van der Waals surface area contributed by atoms with E-state index in [1.165, 1.54) is 20.0 Å². The Kier molecular flexibility index (Phi) is 10.5. The first-order valence-electron chi connectivity index (χ1n) is 13.3. The molecule has 0 saturated heterocycles. The molecule has 15 heteroatoms. The second kappa shape index (κ2) is 13.3. The highest BCUT2D eigenvalue weighted by Crippen LogP contribution is 2.40. The smallest absolute Gasteiger partial charge is 0.429 e. The van der Waals surface area contributed by atoms with E-state index in [1.807, 2.05) is 0 Å². The minimum atomic E-state index is -4.96. The third kappa shape index (κ3) is 8.61. The van der Waals surface area contributed by atoms with Crippen LogP contribution in [-0.2, 0) is 19.6 Å². The van der Waals surface area contributed by atoms with Crippen LogP contribution in [-0.4, -0.2) is 69.7 Å². The van der Waals surface area contributed by atoms with E-state index in [1.54, 1.807) is 25.1 Å². The molecule has 1 aromatic carbocycles. The van der Waals surface area contributed by atoms with Crippen molar-refractivity contribution in [3.05, 3.63) is 48.2 Å². The van der Waals surface area contributed by atoms with Crippen molar-refractivity contribution in [1.29, 1.82) is 0 Å². The number of carbonyl (C=O) groups is 1. The van der Waals surface area contributed by atoms with E-state index < -0.39 is 54.7 Å².